The van der Waals surface area contributed by atoms with Crippen LogP contribution in [0.25, 0.3) is 0 Å². The Morgan fingerprint density at radius 2 is 1.97 bits per heavy atom. The van der Waals surface area contributed by atoms with Gasteiger partial charge in [-0.05, 0) is 54.7 Å². The van der Waals surface area contributed by atoms with Crippen molar-refractivity contribution in [3.8, 4) is 0 Å². The van der Waals surface area contributed by atoms with Gasteiger partial charge in [-0.3, -0.25) is 4.79 Å². The first-order valence-electron chi connectivity index (χ1n) is 9.26. The van der Waals surface area contributed by atoms with Gasteiger partial charge in [-0.2, -0.15) is 13.2 Å². The van der Waals surface area contributed by atoms with Crippen LogP contribution in [0.4, 0.5) is 18.9 Å². The summed E-state index contributed by atoms with van der Waals surface area (Å²) in [6, 6.07) is 11.1. The molecule has 0 bridgehead atoms. The third kappa shape index (κ3) is 3.52. The molecule has 0 spiro atoms. The summed E-state index contributed by atoms with van der Waals surface area (Å²) in [7, 11) is 0. The molecular weight excluding hydrogens is 381 g/mol. The molecule has 1 aliphatic heterocycles. The molecule has 0 N–H and O–H groups in total. The van der Waals surface area contributed by atoms with Gasteiger partial charge in [0, 0.05) is 16.8 Å². The van der Waals surface area contributed by atoms with Crippen molar-refractivity contribution in [2.24, 2.45) is 0 Å². The Morgan fingerprint density at radius 3 is 2.66 bits per heavy atom. The lowest BCUT2D eigenvalue weighted by molar-refractivity contribution is -0.138. The molecule has 1 unspecified atom stereocenters. The van der Waals surface area contributed by atoms with Crippen LogP contribution in [0.3, 0.4) is 0 Å². The Bertz CT molecular complexity index is 1070. The molecule has 2 aromatic carbocycles. The molecule has 0 saturated carbocycles. The minimum atomic E-state index is -4.49. The summed E-state index contributed by atoms with van der Waals surface area (Å²) in [4.78, 5) is 14.2. The van der Waals surface area contributed by atoms with E-state index >= 15 is 0 Å². The van der Waals surface area contributed by atoms with Gasteiger partial charge in [0.05, 0.1) is 17.8 Å². The van der Waals surface area contributed by atoms with Crippen molar-refractivity contribution in [1.82, 2.24) is 5.16 Å². The fraction of sp³-hybridized carbons (Fsp3) is 0.273. The summed E-state index contributed by atoms with van der Waals surface area (Å²) < 4.78 is 45.0. The van der Waals surface area contributed by atoms with Crippen LogP contribution >= 0.6 is 0 Å². The third-order valence-electron chi connectivity index (χ3n) is 5.37. The molecule has 2 heterocycles. The highest BCUT2D eigenvalue weighted by atomic mass is 19.4. The van der Waals surface area contributed by atoms with E-state index in [2.05, 4.69) is 5.16 Å². The number of benzene rings is 2. The van der Waals surface area contributed by atoms with Crippen LogP contribution in [0.5, 0.6) is 0 Å². The standard InChI is InChI=1S/C22H19F3N2O2/c1-13(9-20-14(2)12-29-26-20)15-5-3-6-16(10-15)27-11-18-17(21(27)28)7-4-8-19(18)22(23,24)25/h3-8,10,12-13H,9,11H2,1-2H3. The van der Waals surface area contributed by atoms with Gasteiger partial charge in [0.1, 0.15) is 6.26 Å². The predicted molar refractivity (Wildman–Crippen MR) is 102 cm³/mol. The van der Waals surface area contributed by atoms with E-state index in [0.29, 0.717) is 12.1 Å². The molecule has 3 aromatic rings. The third-order valence-corrected chi connectivity index (χ3v) is 5.37. The maximum absolute atomic E-state index is 13.3. The molecule has 0 saturated heterocycles. The van der Waals surface area contributed by atoms with E-state index in [9.17, 15) is 18.0 Å². The fourth-order valence-corrected chi connectivity index (χ4v) is 3.72. The van der Waals surface area contributed by atoms with Gasteiger partial charge in [0.25, 0.3) is 5.91 Å². The van der Waals surface area contributed by atoms with Crippen LogP contribution in [0, 0.1) is 6.92 Å². The normalized spacial score (nSPS) is 14.9. The first-order chi connectivity index (χ1) is 13.8. The maximum atomic E-state index is 13.3. The zero-order valence-electron chi connectivity index (χ0n) is 16.0. The number of amides is 1. The lowest BCUT2D eigenvalue weighted by Crippen LogP contribution is -2.23. The van der Waals surface area contributed by atoms with Crippen molar-refractivity contribution in [1.29, 1.82) is 0 Å². The zero-order valence-corrected chi connectivity index (χ0v) is 16.0. The number of anilines is 1. The number of aromatic nitrogens is 1. The number of hydrogen-bond donors (Lipinski definition) is 0. The number of rotatable bonds is 4. The van der Waals surface area contributed by atoms with E-state index < -0.39 is 17.6 Å². The summed E-state index contributed by atoms with van der Waals surface area (Å²) in [5.41, 5.74) is 2.78. The summed E-state index contributed by atoms with van der Waals surface area (Å²) in [5.74, 6) is -0.312. The van der Waals surface area contributed by atoms with Crippen molar-refractivity contribution in [2.45, 2.75) is 38.9 Å². The average molecular weight is 400 g/mol. The Morgan fingerprint density at radius 1 is 1.21 bits per heavy atom. The molecule has 4 nitrogen and oxygen atoms in total. The molecule has 0 fully saturated rings. The van der Waals surface area contributed by atoms with Crippen molar-refractivity contribution in [3.05, 3.63) is 82.2 Å². The monoisotopic (exact) mass is 400 g/mol. The number of alkyl halides is 3. The van der Waals surface area contributed by atoms with Crippen molar-refractivity contribution in [2.75, 3.05) is 4.90 Å². The van der Waals surface area contributed by atoms with Crippen molar-refractivity contribution < 1.29 is 22.5 Å². The summed E-state index contributed by atoms with van der Waals surface area (Å²) in [6.45, 7) is 3.87. The molecule has 29 heavy (non-hydrogen) atoms. The van der Waals surface area contributed by atoms with Crippen LogP contribution in [-0.4, -0.2) is 11.1 Å². The van der Waals surface area contributed by atoms with Gasteiger partial charge in [0.2, 0.25) is 0 Å². The SMILES string of the molecule is Cc1conc1CC(C)c1cccc(N2Cc3c(cccc3C(F)(F)F)C2=O)c1. The van der Waals surface area contributed by atoms with Gasteiger partial charge >= 0.3 is 6.18 Å². The second kappa shape index (κ2) is 7.06. The van der Waals surface area contributed by atoms with Gasteiger partial charge in [0.15, 0.2) is 0 Å². The molecule has 7 heteroatoms. The Hall–Kier alpha value is -3.09. The van der Waals surface area contributed by atoms with Crippen molar-refractivity contribution in [3.63, 3.8) is 0 Å². The second-order valence-electron chi connectivity index (χ2n) is 7.37. The topological polar surface area (TPSA) is 46.3 Å². The van der Waals surface area contributed by atoms with E-state index in [1.54, 1.807) is 12.3 Å². The number of fused-ring (bicyclic) bond motifs is 1. The molecule has 1 amide bonds. The first-order valence-corrected chi connectivity index (χ1v) is 9.26. The largest absolute Gasteiger partial charge is 0.416 e. The van der Waals surface area contributed by atoms with Gasteiger partial charge in [-0.1, -0.05) is 30.3 Å². The van der Waals surface area contributed by atoms with E-state index in [0.717, 1.165) is 22.9 Å². The number of halogens is 3. The maximum Gasteiger partial charge on any atom is 0.416 e. The molecular formula is C22H19F3N2O2. The smallest absolute Gasteiger partial charge is 0.364 e. The number of carbonyl (C=O) groups is 1. The Balaban J connectivity index is 1.62. The van der Waals surface area contributed by atoms with E-state index in [1.165, 1.54) is 17.0 Å². The highest BCUT2D eigenvalue weighted by Gasteiger charge is 2.39. The second-order valence-corrected chi connectivity index (χ2v) is 7.37. The fourth-order valence-electron chi connectivity index (χ4n) is 3.72. The molecule has 4 rings (SSSR count). The van der Waals surface area contributed by atoms with E-state index in [1.807, 2.05) is 32.0 Å². The average Bonchev–Trinajstić information content (AvgIpc) is 3.24. The summed E-state index contributed by atoms with van der Waals surface area (Å²) in [6.07, 6.45) is -2.23. The minimum absolute atomic E-state index is 0.0293. The van der Waals surface area contributed by atoms with E-state index in [-0.39, 0.29) is 23.6 Å². The number of carbonyl (C=O) groups excluding carboxylic acids is 1. The highest BCUT2D eigenvalue weighted by molar-refractivity contribution is 6.10. The van der Waals surface area contributed by atoms with Gasteiger partial charge in [-0.25, -0.2) is 0 Å². The first kappa shape index (κ1) is 19.2. The highest BCUT2D eigenvalue weighted by Crippen LogP contribution is 2.38. The summed E-state index contributed by atoms with van der Waals surface area (Å²) >= 11 is 0. The molecule has 0 radical (unpaired) electrons. The van der Waals surface area contributed by atoms with Crippen LogP contribution < -0.4 is 4.90 Å². The number of hydrogen-bond acceptors (Lipinski definition) is 3. The van der Waals surface area contributed by atoms with Gasteiger partial charge in [-0.15, -0.1) is 0 Å². The molecule has 1 atom stereocenters. The Labute approximate surface area is 165 Å². The molecule has 150 valence electrons. The van der Waals surface area contributed by atoms with Gasteiger partial charge < -0.3 is 9.42 Å². The lowest BCUT2D eigenvalue weighted by Gasteiger charge is -2.19. The van der Waals surface area contributed by atoms with Crippen LogP contribution in [0.2, 0.25) is 0 Å². The van der Waals surface area contributed by atoms with Crippen LogP contribution in [-0.2, 0) is 19.1 Å². The molecule has 0 aliphatic carbocycles. The number of aryl methyl sites for hydroxylation is 1. The summed E-state index contributed by atoms with van der Waals surface area (Å²) in [5, 5.41) is 4.01. The molecule has 1 aliphatic rings. The predicted octanol–water partition coefficient (Wildman–Crippen LogP) is 5.51. The zero-order chi connectivity index (χ0) is 20.8. The van der Waals surface area contributed by atoms with Crippen molar-refractivity contribution >= 4 is 11.6 Å². The van der Waals surface area contributed by atoms with E-state index in [4.69, 9.17) is 4.52 Å². The minimum Gasteiger partial charge on any atom is -0.364 e. The van der Waals surface area contributed by atoms with Crippen LogP contribution in [0.15, 0.2) is 53.3 Å². The Kier molecular flexibility index (Phi) is 4.68. The lowest BCUT2D eigenvalue weighted by atomic mass is 9.94. The molecule has 1 aromatic heterocycles. The number of nitrogens with zero attached hydrogens (tertiary/aromatic N) is 2. The quantitative estimate of drug-likeness (QED) is 0.580. The van der Waals surface area contributed by atoms with Crippen LogP contribution in [0.1, 0.15) is 51.1 Å².